The molecule has 4 heteroatoms. The van der Waals surface area contributed by atoms with Crippen LogP contribution in [0.3, 0.4) is 0 Å². The fourth-order valence-corrected chi connectivity index (χ4v) is 3.80. The average molecular weight is 310 g/mol. The van der Waals surface area contributed by atoms with Crippen molar-refractivity contribution in [3.8, 4) is 0 Å². The van der Waals surface area contributed by atoms with Gasteiger partial charge < -0.3 is 5.32 Å². The highest BCUT2D eigenvalue weighted by Crippen LogP contribution is 2.34. The van der Waals surface area contributed by atoms with E-state index in [-0.39, 0.29) is 0 Å². The molecule has 2 aliphatic heterocycles. The molecule has 3 unspecified atom stereocenters. The summed E-state index contributed by atoms with van der Waals surface area (Å²) < 4.78 is 1.06. The molecule has 0 bridgehead atoms. The lowest BCUT2D eigenvalue weighted by molar-refractivity contribution is 0.208. The molecule has 18 heavy (non-hydrogen) atoms. The van der Waals surface area contributed by atoms with Gasteiger partial charge in [-0.3, -0.25) is 9.88 Å². The van der Waals surface area contributed by atoms with E-state index < -0.39 is 0 Å². The number of rotatable bonds is 3. The Bertz CT molecular complexity index is 406. The van der Waals surface area contributed by atoms with Gasteiger partial charge in [-0.25, -0.2) is 0 Å². The van der Waals surface area contributed by atoms with Crippen molar-refractivity contribution in [2.75, 3.05) is 19.6 Å². The van der Waals surface area contributed by atoms with Gasteiger partial charge in [-0.05, 0) is 59.4 Å². The number of aromatic nitrogens is 1. The first-order valence-electron chi connectivity index (χ1n) is 6.83. The summed E-state index contributed by atoms with van der Waals surface area (Å²) in [6.45, 7) is 6.94. The van der Waals surface area contributed by atoms with Crippen molar-refractivity contribution in [1.29, 1.82) is 0 Å². The summed E-state index contributed by atoms with van der Waals surface area (Å²) in [6, 6.07) is 4.95. The molecule has 0 spiro atoms. The minimum Gasteiger partial charge on any atom is -0.316 e. The van der Waals surface area contributed by atoms with E-state index in [0.717, 1.165) is 28.9 Å². The molecular formula is C14H20BrN3. The lowest BCUT2D eigenvalue weighted by Gasteiger charge is -2.26. The van der Waals surface area contributed by atoms with Crippen LogP contribution in [0, 0.1) is 11.8 Å². The molecule has 3 nitrogen and oxygen atoms in total. The third kappa shape index (κ3) is 2.33. The zero-order valence-corrected chi connectivity index (χ0v) is 12.4. The van der Waals surface area contributed by atoms with Gasteiger partial charge in [0.15, 0.2) is 0 Å². The molecule has 0 aliphatic carbocycles. The molecule has 98 valence electrons. The maximum atomic E-state index is 4.50. The molecular weight excluding hydrogens is 290 g/mol. The number of likely N-dealkylation sites (tertiary alicyclic amines) is 1. The fourth-order valence-electron chi connectivity index (χ4n) is 3.56. The number of halogens is 1. The van der Waals surface area contributed by atoms with Crippen LogP contribution in [0.5, 0.6) is 0 Å². The molecule has 2 saturated heterocycles. The predicted octanol–water partition coefficient (Wildman–Crippen LogP) is 2.27. The van der Waals surface area contributed by atoms with E-state index in [1.165, 1.54) is 31.7 Å². The number of hydrogen-bond donors (Lipinski definition) is 1. The Hall–Kier alpha value is -0.450. The Kier molecular flexibility index (Phi) is 3.68. The van der Waals surface area contributed by atoms with E-state index in [9.17, 15) is 0 Å². The second kappa shape index (κ2) is 5.27. The van der Waals surface area contributed by atoms with E-state index in [2.05, 4.69) is 50.2 Å². The molecule has 1 N–H and O–H groups in total. The van der Waals surface area contributed by atoms with Crippen LogP contribution in [-0.4, -0.2) is 35.6 Å². The van der Waals surface area contributed by atoms with Crippen LogP contribution in [0.1, 0.15) is 19.0 Å². The Morgan fingerprint density at radius 2 is 2.33 bits per heavy atom. The van der Waals surface area contributed by atoms with Crippen molar-refractivity contribution in [3.63, 3.8) is 0 Å². The summed E-state index contributed by atoms with van der Waals surface area (Å²) in [5, 5.41) is 3.53. The largest absolute Gasteiger partial charge is 0.316 e. The molecule has 0 saturated carbocycles. The Labute approximate surface area is 117 Å². The predicted molar refractivity (Wildman–Crippen MR) is 76.3 cm³/mol. The quantitative estimate of drug-likeness (QED) is 0.928. The molecule has 0 radical (unpaired) electrons. The molecule has 0 aromatic carbocycles. The molecule has 1 aromatic rings. The molecule has 3 heterocycles. The minimum absolute atomic E-state index is 0.732. The summed E-state index contributed by atoms with van der Waals surface area (Å²) in [7, 11) is 0. The zero-order chi connectivity index (χ0) is 12.5. The van der Waals surface area contributed by atoms with E-state index in [0.29, 0.717) is 0 Å². The standard InChI is InChI=1S/C14H20BrN3/c1-2-14-13-7-16-5-10(13)8-18(14)9-12-4-3-11(15)6-17-12/h3-4,6,10,13-14,16H,2,5,7-9H2,1H3. The highest BCUT2D eigenvalue weighted by molar-refractivity contribution is 9.10. The van der Waals surface area contributed by atoms with Crippen LogP contribution in [0.15, 0.2) is 22.8 Å². The number of nitrogens with one attached hydrogen (secondary N) is 1. The Morgan fingerprint density at radius 3 is 3.06 bits per heavy atom. The third-order valence-corrected chi connectivity index (χ3v) is 4.87. The molecule has 3 atom stereocenters. The van der Waals surface area contributed by atoms with Gasteiger partial charge in [-0.1, -0.05) is 6.92 Å². The average Bonchev–Trinajstić information content (AvgIpc) is 2.92. The SMILES string of the molecule is CCC1C2CNCC2CN1Cc1ccc(Br)cn1. The van der Waals surface area contributed by atoms with Crippen LogP contribution >= 0.6 is 15.9 Å². The van der Waals surface area contributed by atoms with Crippen LogP contribution in [-0.2, 0) is 6.54 Å². The molecule has 3 rings (SSSR count). The van der Waals surface area contributed by atoms with Crippen molar-refractivity contribution < 1.29 is 0 Å². The first-order valence-corrected chi connectivity index (χ1v) is 7.62. The fraction of sp³-hybridized carbons (Fsp3) is 0.643. The summed E-state index contributed by atoms with van der Waals surface area (Å²) >= 11 is 3.44. The maximum absolute atomic E-state index is 4.50. The normalized spacial score (nSPS) is 31.8. The van der Waals surface area contributed by atoms with Gasteiger partial charge in [0.25, 0.3) is 0 Å². The van der Waals surface area contributed by atoms with E-state index in [1.54, 1.807) is 0 Å². The summed E-state index contributed by atoms with van der Waals surface area (Å²) in [5.74, 6) is 1.70. The smallest absolute Gasteiger partial charge is 0.0544 e. The topological polar surface area (TPSA) is 28.2 Å². The molecule has 2 fully saturated rings. The number of nitrogens with zero attached hydrogens (tertiary/aromatic N) is 2. The molecule has 1 aromatic heterocycles. The van der Waals surface area contributed by atoms with Crippen molar-refractivity contribution >= 4 is 15.9 Å². The van der Waals surface area contributed by atoms with Crippen molar-refractivity contribution in [3.05, 3.63) is 28.5 Å². The molecule has 0 amide bonds. The van der Waals surface area contributed by atoms with Gasteiger partial charge in [0.1, 0.15) is 0 Å². The van der Waals surface area contributed by atoms with Gasteiger partial charge >= 0.3 is 0 Å². The lowest BCUT2D eigenvalue weighted by Crippen LogP contribution is -2.34. The van der Waals surface area contributed by atoms with Crippen molar-refractivity contribution in [2.24, 2.45) is 11.8 Å². The highest BCUT2D eigenvalue weighted by Gasteiger charge is 2.42. The van der Waals surface area contributed by atoms with Gasteiger partial charge in [0.05, 0.1) is 5.69 Å². The number of fused-ring (bicyclic) bond motifs is 1. The number of hydrogen-bond acceptors (Lipinski definition) is 3. The van der Waals surface area contributed by atoms with Crippen LogP contribution in [0.2, 0.25) is 0 Å². The van der Waals surface area contributed by atoms with Crippen LogP contribution < -0.4 is 5.32 Å². The van der Waals surface area contributed by atoms with Gasteiger partial charge in [0.2, 0.25) is 0 Å². The summed E-state index contributed by atoms with van der Waals surface area (Å²) in [5.41, 5.74) is 1.18. The van der Waals surface area contributed by atoms with Crippen LogP contribution in [0.25, 0.3) is 0 Å². The van der Waals surface area contributed by atoms with E-state index in [1.807, 2.05) is 6.20 Å². The van der Waals surface area contributed by atoms with Crippen molar-refractivity contribution in [1.82, 2.24) is 15.2 Å². The minimum atomic E-state index is 0.732. The maximum Gasteiger partial charge on any atom is 0.0544 e. The zero-order valence-electron chi connectivity index (χ0n) is 10.8. The molecule has 2 aliphatic rings. The van der Waals surface area contributed by atoms with Crippen molar-refractivity contribution in [2.45, 2.75) is 25.9 Å². The van der Waals surface area contributed by atoms with Gasteiger partial charge in [0, 0.05) is 29.8 Å². The van der Waals surface area contributed by atoms with Crippen LogP contribution in [0.4, 0.5) is 0 Å². The second-order valence-corrected chi connectivity index (χ2v) is 6.37. The first kappa shape index (κ1) is 12.6. The van der Waals surface area contributed by atoms with E-state index in [4.69, 9.17) is 0 Å². The van der Waals surface area contributed by atoms with Gasteiger partial charge in [-0.2, -0.15) is 0 Å². The summed E-state index contributed by atoms with van der Waals surface area (Å²) in [6.07, 6.45) is 3.15. The Balaban J connectivity index is 1.71. The number of pyridine rings is 1. The van der Waals surface area contributed by atoms with Gasteiger partial charge in [-0.15, -0.1) is 0 Å². The first-order chi connectivity index (χ1) is 8.78. The third-order valence-electron chi connectivity index (χ3n) is 4.40. The lowest BCUT2D eigenvalue weighted by atomic mass is 9.93. The summed E-state index contributed by atoms with van der Waals surface area (Å²) in [4.78, 5) is 7.13. The monoisotopic (exact) mass is 309 g/mol. The Morgan fingerprint density at radius 1 is 1.44 bits per heavy atom. The highest BCUT2D eigenvalue weighted by atomic mass is 79.9. The van der Waals surface area contributed by atoms with E-state index >= 15 is 0 Å². The second-order valence-electron chi connectivity index (χ2n) is 5.45.